The van der Waals surface area contributed by atoms with Crippen molar-refractivity contribution in [3.8, 4) is 0 Å². The Morgan fingerprint density at radius 3 is 3.00 bits per heavy atom. The zero-order chi connectivity index (χ0) is 15.0. The second kappa shape index (κ2) is 5.67. The summed E-state index contributed by atoms with van der Waals surface area (Å²) in [6, 6.07) is 4.71. The van der Waals surface area contributed by atoms with Gasteiger partial charge in [0.15, 0.2) is 5.16 Å². The van der Waals surface area contributed by atoms with Gasteiger partial charge in [-0.2, -0.15) is 0 Å². The van der Waals surface area contributed by atoms with Crippen molar-refractivity contribution >= 4 is 28.8 Å². The van der Waals surface area contributed by atoms with Gasteiger partial charge in [-0.3, -0.25) is 4.79 Å². The third-order valence-electron chi connectivity index (χ3n) is 3.76. The minimum absolute atomic E-state index is 0.0397. The van der Waals surface area contributed by atoms with Crippen molar-refractivity contribution in [1.29, 1.82) is 0 Å². The smallest absolute Gasteiger partial charge is 0.313 e. The SMILES string of the molecule is CC(CC1CC1)n1c(SCC(=O)O)nc2ccc(F)cc21. The van der Waals surface area contributed by atoms with E-state index in [9.17, 15) is 9.18 Å². The van der Waals surface area contributed by atoms with Crippen molar-refractivity contribution in [2.45, 2.75) is 37.4 Å². The molecule has 1 heterocycles. The molecule has 1 aliphatic rings. The lowest BCUT2D eigenvalue weighted by Crippen LogP contribution is -2.09. The maximum Gasteiger partial charge on any atom is 0.313 e. The minimum Gasteiger partial charge on any atom is -0.481 e. The number of nitrogens with zero attached hydrogens (tertiary/aromatic N) is 2. The Balaban J connectivity index is 1.99. The summed E-state index contributed by atoms with van der Waals surface area (Å²) in [6.07, 6.45) is 3.54. The number of rotatable bonds is 6. The van der Waals surface area contributed by atoms with Crippen molar-refractivity contribution < 1.29 is 14.3 Å². The molecular weight excluding hydrogens is 291 g/mol. The van der Waals surface area contributed by atoms with Crippen LogP contribution in [0.25, 0.3) is 11.0 Å². The van der Waals surface area contributed by atoms with Crippen LogP contribution in [-0.4, -0.2) is 26.4 Å². The summed E-state index contributed by atoms with van der Waals surface area (Å²) in [6.45, 7) is 2.09. The molecule has 0 spiro atoms. The molecule has 112 valence electrons. The normalized spacial score (nSPS) is 16.3. The number of aliphatic carboxylic acids is 1. The highest BCUT2D eigenvalue weighted by molar-refractivity contribution is 7.99. The molecule has 1 saturated carbocycles. The van der Waals surface area contributed by atoms with Crippen LogP contribution in [0, 0.1) is 11.7 Å². The molecule has 6 heteroatoms. The van der Waals surface area contributed by atoms with E-state index in [4.69, 9.17) is 5.11 Å². The molecule has 2 aromatic rings. The van der Waals surface area contributed by atoms with Crippen LogP contribution in [0.2, 0.25) is 0 Å². The van der Waals surface area contributed by atoms with Gasteiger partial charge >= 0.3 is 5.97 Å². The van der Waals surface area contributed by atoms with E-state index in [1.165, 1.54) is 36.7 Å². The standard InChI is InChI=1S/C15H17FN2O2S/c1-9(6-10-2-3-10)18-13-7-11(16)4-5-12(13)17-15(18)21-8-14(19)20/h4-5,7,9-10H,2-3,6,8H2,1H3,(H,19,20). The lowest BCUT2D eigenvalue weighted by Gasteiger charge is -2.16. The number of benzene rings is 1. The van der Waals surface area contributed by atoms with Crippen LogP contribution in [0.4, 0.5) is 4.39 Å². The Morgan fingerprint density at radius 1 is 1.57 bits per heavy atom. The molecule has 1 N–H and O–H groups in total. The average Bonchev–Trinajstić information content (AvgIpc) is 3.15. The minimum atomic E-state index is -0.875. The van der Waals surface area contributed by atoms with Crippen LogP contribution in [0.15, 0.2) is 23.4 Å². The van der Waals surface area contributed by atoms with Gasteiger partial charge in [-0.1, -0.05) is 24.6 Å². The Labute approximate surface area is 126 Å². The van der Waals surface area contributed by atoms with E-state index in [2.05, 4.69) is 11.9 Å². The third kappa shape index (κ3) is 3.20. The molecule has 1 aromatic heterocycles. The molecule has 1 atom stereocenters. The molecule has 1 fully saturated rings. The molecule has 0 radical (unpaired) electrons. The summed E-state index contributed by atoms with van der Waals surface area (Å²) in [4.78, 5) is 15.3. The van der Waals surface area contributed by atoms with Gasteiger partial charge < -0.3 is 9.67 Å². The Kier molecular flexibility index (Phi) is 3.89. The summed E-state index contributed by atoms with van der Waals surface area (Å²) in [5.41, 5.74) is 1.46. The van der Waals surface area contributed by atoms with E-state index >= 15 is 0 Å². The summed E-state index contributed by atoms with van der Waals surface area (Å²) in [5, 5.41) is 9.52. The van der Waals surface area contributed by atoms with Crippen LogP contribution in [0.5, 0.6) is 0 Å². The lowest BCUT2D eigenvalue weighted by atomic mass is 10.1. The first kappa shape index (κ1) is 14.4. The molecule has 3 rings (SSSR count). The molecule has 0 bridgehead atoms. The van der Waals surface area contributed by atoms with Crippen molar-refractivity contribution in [2.24, 2.45) is 5.92 Å². The second-order valence-electron chi connectivity index (χ2n) is 5.61. The summed E-state index contributed by atoms with van der Waals surface area (Å²) >= 11 is 1.19. The molecule has 0 saturated heterocycles. The predicted molar refractivity (Wildman–Crippen MR) is 80.1 cm³/mol. The molecular formula is C15H17FN2O2S. The first-order chi connectivity index (χ1) is 10.0. The van der Waals surface area contributed by atoms with Gasteiger partial charge in [0.1, 0.15) is 5.82 Å². The largest absolute Gasteiger partial charge is 0.481 e. The van der Waals surface area contributed by atoms with E-state index in [0.29, 0.717) is 10.7 Å². The van der Waals surface area contributed by atoms with Gasteiger partial charge in [0.25, 0.3) is 0 Å². The number of halogens is 1. The fourth-order valence-corrected chi connectivity index (χ4v) is 3.47. The molecule has 0 amide bonds. The number of thioether (sulfide) groups is 1. The second-order valence-corrected chi connectivity index (χ2v) is 6.55. The van der Waals surface area contributed by atoms with Crippen molar-refractivity contribution in [2.75, 3.05) is 5.75 Å². The highest BCUT2D eigenvalue weighted by Crippen LogP contribution is 2.39. The molecule has 4 nitrogen and oxygen atoms in total. The third-order valence-corrected chi connectivity index (χ3v) is 4.69. The van der Waals surface area contributed by atoms with Crippen molar-refractivity contribution in [1.82, 2.24) is 9.55 Å². The fourth-order valence-electron chi connectivity index (χ4n) is 2.64. The van der Waals surface area contributed by atoms with Crippen molar-refractivity contribution in [3.05, 3.63) is 24.0 Å². The van der Waals surface area contributed by atoms with Gasteiger partial charge in [-0.25, -0.2) is 9.37 Å². The van der Waals surface area contributed by atoms with Crippen LogP contribution in [0.1, 0.15) is 32.2 Å². The summed E-state index contributed by atoms with van der Waals surface area (Å²) in [7, 11) is 0. The highest BCUT2D eigenvalue weighted by Gasteiger charge is 2.26. The van der Waals surface area contributed by atoms with Gasteiger partial charge in [0, 0.05) is 6.04 Å². The van der Waals surface area contributed by atoms with E-state index in [-0.39, 0.29) is 17.6 Å². The van der Waals surface area contributed by atoms with E-state index in [1.54, 1.807) is 6.07 Å². The topological polar surface area (TPSA) is 55.1 Å². The summed E-state index contributed by atoms with van der Waals surface area (Å²) in [5.74, 6) is -0.470. The number of carboxylic acid groups (broad SMARTS) is 1. The quantitative estimate of drug-likeness (QED) is 0.826. The van der Waals surface area contributed by atoms with Gasteiger partial charge in [0.05, 0.1) is 16.8 Å². The number of hydrogen-bond acceptors (Lipinski definition) is 3. The zero-order valence-electron chi connectivity index (χ0n) is 11.8. The zero-order valence-corrected chi connectivity index (χ0v) is 12.6. The molecule has 0 aliphatic heterocycles. The number of carbonyl (C=O) groups is 1. The Bertz CT molecular complexity index is 682. The first-order valence-electron chi connectivity index (χ1n) is 7.06. The van der Waals surface area contributed by atoms with E-state index in [1.807, 2.05) is 4.57 Å². The molecule has 1 unspecified atom stereocenters. The number of hydrogen-bond donors (Lipinski definition) is 1. The van der Waals surface area contributed by atoms with Gasteiger partial charge in [-0.05, 0) is 37.5 Å². The Morgan fingerprint density at radius 2 is 2.33 bits per heavy atom. The van der Waals surface area contributed by atoms with Gasteiger partial charge in [-0.15, -0.1) is 0 Å². The maximum absolute atomic E-state index is 13.5. The Hall–Kier alpha value is -1.56. The number of imidazole rings is 1. The van der Waals surface area contributed by atoms with Crippen molar-refractivity contribution in [3.63, 3.8) is 0 Å². The number of fused-ring (bicyclic) bond motifs is 1. The van der Waals surface area contributed by atoms with Crippen LogP contribution in [-0.2, 0) is 4.79 Å². The van der Waals surface area contributed by atoms with Crippen LogP contribution >= 0.6 is 11.8 Å². The summed E-state index contributed by atoms with van der Waals surface area (Å²) < 4.78 is 15.5. The lowest BCUT2D eigenvalue weighted by molar-refractivity contribution is -0.133. The fraction of sp³-hybridized carbons (Fsp3) is 0.467. The maximum atomic E-state index is 13.5. The molecule has 21 heavy (non-hydrogen) atoms. The van der Waals surface area contributed by atoms with Crippen LogP contribution < -0.4 is 0 Å². The predicted octanol–water partition coefficient (Wildman–Crippen LogP) is 3.71. The molecule has 1 aromatic carbocycles. The van der Waals surface area contributed by atoms with Crippen LogP contribution in [0.3, 0.4) is 0 Å². The number of aromatic nitrogens is 2. The van der Waals surface area contributed by atoms with E-state index in [0.717, 1.165) is 17.9 Å². The van der Waals surface area contributed by atoms with E-state index < -0.39 is 5.97 Å². The van der Waals surface area contributed by atoms with Gasteiger partial charge in [0.2, 0.25) is 0 Å². The number of carboxylic acids is 1. The average molecular weight is 308 g/mol. The first-order valence-corrected chi connectivity index (χ1v) is 8.05. The monoisotopic (exact) mass is 308 g/mol. The highest BCUT2D eigenvalue weighted by atomic mass is 32.2. The molecule has 1 aliphatic carbocycles.